The zero-order chi connectivity index (χ0) is 13.9. The van der Waals surface area contributed by atoms with Gasteiger partial charge in [0.1, 0.15) is 0 Å². The Labute approximate surface area is 125 Å². The maximum atomic E-state index is 6.09. The van der Waals surface area contributed by atoms with Crippen LogP contribution < -0.4 is 5.73 Å². The maximum Gasteiger partial charge on any atom is 0.0638 e. The summed E-state index contributed by atoms with van der Waals surface area (Å²) in [5.74, 6) is 0. The van der Waals surface area contributed by atoms with Crippen molar-refractivity contribution in [3.63, 3.8) is 0 Å². The van der Waals surface area contributed by atoms with Crippen LogP contribution in [0.1, 0.15) is 5.56 Å². The lowest BCUT2D eigenvalue weighted by Gasteiger charge is -2.38. The molecule has 1 aromatic carbocycles. The Bertz CT molecular complexity index is 431. The molecule has 2 aliphatic rings. The van der Waals surface area contributed by atoms with Crippen LogP contribution in [0.15, 0.2) is 24.3 Å². The number of piperazine rings is 1. The topological polar surface area (TPSA) is 41.7 Å². The third kappa shape index (κ3) is 3.32. The fraction of sp³-hybridized carbons (Fsp3) is 0.600. The van der Waals surface area contributed by atoms with Crippen LogP contribution in [0.2, 0.25) is 5.02 Å². The Kier molecular flexibility index (Phi) is 4.58. The van der Waals surface area contributed by atoms with E-state index in [2.05, 4.69) is 21.9 Å². The van der Waals surface area contributed by atoms with Crippen LogP contribution in [0.25, 0.3) is 0 Å². The van der Waals surface area contributed by atoms with E-state index in [4.69, 9.17) is 22.1 Å². The van der Waals surface area contributed by atoms with Gasteiger partial charge in [0.25, 0.3) is 0 Å². The number of rotatable bonds is 3. The lowest BCUT2D eigenvalue weighted by molar-refractivity contribution is 0.0790. The molecule has 3 rings (SSSR count). The van der Waals surface area contributed by atoms with Crippen LogP contribution in [-0.4, -0.2) is 61.3 Å². The highest BCUT2D eigenvalue weighted by molar-refractivity contribution is 6.30. The summed E-state index contributed by atoms with van der Waals surface area (Å²) < 4.78 is 5.46. The van der Waals surface area contributed by atoms with Gasteiger partial charge in [-0.05, 0) is 17.7 Å². The van der Waals surface area contributed by atoms with Gasteiger partial charge in [-0.15, -0.1) is 0 Å². The molecule has 1 aromatic rings. The highest BCUT2D eigenvalue weighted by atomic mass is 35.5. The smallest absolute Gasteiger partial charge is 0.0638 e. The molecule has 0 aliphatic carbocycles. The summed E-state index contributed by atoms with van der Waals surface area (Å²) in [6.07, 6.45) is 0. The normalized spacial score (nSPS) is 28.9. The largest absolute Gasteiger partial charge is 0.378 e. The number of hydrogen-bond acceptors (Lipinski definition) is 4. The van der Waals surface area contributed by atoms with Crippen LogP contribution in [0.4, 0.5) is 0 Å². The van der Waals surface area contributed by atoms with Crippen molar-refractivity contribution in [3.8, 4) is 0 Å². The Morgan fingerprint density at radius 1 is 1.10 bits per heavy atom. The maximum absolute atomic E-state index is 6.09. The van der Waals surface area contributed by atoms with E-state index < -0.39 is 0 Å². The molecule has 0 amide bonds. The molecule has 20 heavy (non-hydrogen) atoms. The van der Waals surface area contributed by atoms with Crippen LogP contribution in [0.5, 0.6) is 0 Å². The van der Waals surface area contributed by atoms with Crippen molar-refractivity contribution < 1.29 is 4.74 Å². The standard InChI is InChI=1S/C15H22ClN3O/c16-13-3-1-12(2-4-13)9-18-5-7-19(8-6-18)15-11-20-10-14(15)17/h1-4,14-15H,5-11,17H2/t14-,15-/m1/s1. The molecule has 0 aromatic heterocycles. The average Bonchev–Trinajstić information content (AvgIpc) is 2.89. The van der Waals surface area contributed by atoms with E-state index in [0.29, 0.717) is 12.6 Å². The van der Waals surface area contributed by atoms with Crippen molar-refractivity contribution in [3.05, 3.63) is 34.9 Å². The summed E-state index contributed by atoms with van der Waals surface area (Å²) in [5.41, 5.74) is 7.41. The summed E-state index contributed by atoms with van der Waals surface area (Å²) in [4.78, 5) is 4.97. The Balaban J connectivity index is 1.49. The minimum Gasteiger partial charge on any atom is -0.378 e. The minimum atomic E-state index is 0.179. The van der Waals surface area contributed by atoms with E-state index >= 15 is 0 Å². The zero-order valence-electron chi connectivity index (χ0n) is 11.7. The third-order valence-corrected chi connectivity index (χ3v) is 4.54. The van der Waals surface area contributed by atoms with Crippen molar-refractivity contribution in [1.82, 2.24) is 9.80 Å². The number of ether oxygens (including phenoxy) is 1. The zero-order valence-corrected chi connectivity index (χ0v) is 12.4. The molecule has 2 saturated heterocycles. The van der Waals surface area contributed by atoms with Crippen LogP contribution in [-0.2, 0) is 11.3 Å². The van der Waals surface area contributed by atoms with Gasteiger partial charge in [0.05, 0.1) is 19.3 Å². The molecule has 2 aliphatic heterocycles. The molecule has 5 heteroatoms. The predicted octanol–water partition coefficient (Wildman–Crippen LogP) is 1.18. The minimum absolute atomic E-state index is 0.179. The van der Waals surface area contributed by atoms with E-state index in [1.165, 1.54) is 5.56 Å². The van der Waals surface area contributed by atoms with E-state index in [-0.39, 0.29) is 6.04 Å². The summed E-state index contributed by atoms with van der Waals surface area (Å²) in [5, 5.41) is 0.800. The summed E-state index contributed by atoms with van der Waals surface area (Å²) in [6, 6.07) is 8.72. The molecule has 4 nitrogen and oxygen atoms in total. The number of nitrogens with zero attached hydrogens (tertiary/aromatic N) is 2. The highest BCUT2D eigenvalue weighted by Gasteiger charge is 2.32. The first-order chi connectivity index (χ1) is 9.72. The van der Waals surface area contributed by atoms with Crippen LogP contribution in [0.3, 0.4) is 0 Å². The van der Waals surface area contributed by atoms with Gasteiger partial charge in [-0.3, -0.25) is 9.80 Å². The van der Waals surface area contributed by atoms with Gasteiger partial charge < -0.3 is 10.5 Å². The van der Waals surface area contributed by atoms with Crippen LogP contribution >= 0.6 is 11.6 Å². The number of halogens is 1. The second-order valence-electron chi connectivity index (χ2n) is 5.71. The Hall–Kier alpha value is -0.650. The molecule has 110 valence electrons. The summed E-state index contributed by atoms with van der Waals surface area (Å²) in [6.45, 7) is 6.83. The molecule has 0 saturated carbocycles. The van der Waals surface area contributed by atoms with Crippen molar-refractivity contribution in [2.45, 2.75) is 18.6 Å². The van der Waals surface area contributed by atoms with Gasteiger partial charge in [-0.1, -0.05) is 23.7 Å². The van der Waals surface area contributed by atoms with Gasteiger partial charge in [-0.2, -0.15) is 0 Å². The fourth-order valence-corrected chi connectivity index (χ4v) is 3.16. The first-order valence-corrected chi connectivity index (χ1v) is 7.64. The number of hydrogen-bond donors (Lipinski definition) is 1. The van der Waals surface area contributed by atoms with Crippen molar-refractivity contribution in [1.29, 1.82) is 0 Å². The lowest BCUT2D eigenvalue weighted by Crippen LogP contribution is -2.55. The summed E-state index contributed by atoms with van der Waals surface area (Å²) in [7, 11) is 0. The summed E-state index contributed by atoms with van der Waals surface area (Å²) >= 11 is 5.92. The van der Waals surface area contributed by atoms with E-state index in [0.717, 1.165) is 44.4 Å². The SMILES string of the molecule is N[C@@H]1COC[C@H]1N1CCN(Cc2ccc(Cl)cc2)CC1. The molecule has 0 bridgehead atoms. The lowest BCUT2D eigenvalue weighted by atomic mass is 10.1. The first kappa shape index (κ1) is 14.3. The molecule has 2 heterocycles. The molecular weight excluding hydrogens is 274 g/mol. The molecule has 2 N–H and O–H groups in total. The van der Waals surface area contributed by atoms with E-state index in [1.807, 2.05) is 12.1 Å². The van der Waals surface area contributed by atoms with Gasteiger partial charge in [0, 0.05) is 43.8 Å². The van der Waals surface area contributed by atoms with Crippen molar-refractivity contribution in [2.24, 2.45) is 5.73 Å². The molecular formula is C15H22ClN3O. The first-order valence-electron chi connectivity index (χ1n) is 7.26. The van der Waals surface area contributed by atoms with Gasteiger partial charge >= 0.3 is 0 Å². The fourth-order valence-electron chi connectivity index (χ4n) is 3.04. The van der Waals surface area contributed by atoms with Crippen LogP contribution in [0, 0.1) is 0 Å². The van der Waals surface area contributed by atoms with Gasteiger partial charge in [0.15, 0.2) is 0 Å². The molecule has 0 radical (unpaired) electrons. The second-order valence-corrected chi connectivity index (χ2v) is 6.14. The quantitative estimate of drug-likeness (QED) is 0.909. The van der Waals surface area contributed by atoms with Gasteiger partial charge in [0.2, 0.25) is 0 Å². The molecule has 2 atom stereocenters. The van der Waals surface area contributed by atoms with Crippen molar-refractivity contribution >= 4 is 11.6 Å². The van der Waals surface area contributed by atoms with Gasteiger partial charge in [-0.25, -0.2) is 0 Å². The Morgan fingerprint density at radius 3 is 2.40 bits per heavy atom. The molecule has 0 spiro atoms. The third-order valence-electron chi connectivity index (χ3n) is 4.29. The molecule has 0 unspecified atom stereocenters. The average molecular weight is 296 g/mol. The number of benzene rings is 1. The Morgan fingerprint density at radius 2 is 1.80 bits per heavy atom. The predicted molar refractivity (Wildman–Crippen MR) is 80.9 cm³/mol. The second kappa shape index (κ2) is 6.41. The van der Waals surface area contributed by atoms with E-state index in [9.17, 15) is 0 Å². The number of nitrogens with two attached hydrogens (primary N) is 1. The highest BCUT2D eigenvalue weighted by Crippen LogP contribution is 2.16. The molecule has 2 fully saturated rings. The van der Waals surface area contributed by atoms with Crippen molar-refractivity contribution in [2.75, 3.05) is 39.4 Å². The van der Waals surface area contributed by atoms with E-state index in [1.54, 1.807) is 0 Å². The monoisotopic (exact) mass is 295 g/mol.